The van der Waals surface area contributed by atoms with Gasteiger partial charge in [-0.15, -0.1) is 0 Å². The van der Waals surface area contributed by atoms with Gasteiger partial charge in [-0.2, -0.15) is 0 Å². The number of alkyl carbamates (subject to hydrolysis) is 1. The quantitative estimate of drug-likeness (QED) is 0.296. The van der Waals surface area contributed by atoms with Crippen LogP contribution in [0.15, 0.2) is 30.3 Å². The third kappa shape index (κ3) is 8.54. The Morgan fingerprint density at radius 2 is 1.80 bits per heavy atom. The first-order chi connectivity index (χ1) is 16.7. The van der Waals surface area contributed by atoms with Crippen molar-refractivity contribution < 1.29 is 29.0 Å². The van der Waals surface area contributed by atoms with Crippen LogP contribution >= 0.6 is 0 Å². The van der Waals surface area contributed by atoms with E-state index < -0.39 is 42.0 Å². The predicted molar refractivity (Wildman–Crippen MR) is 128 cm³/mol. The summed E-state index contributed by atoms with van der Waals surface area (Å²) in [7, 11) is 0. The molecule has 2 aliphatic rings. The maximum atomic E-state index is 13.2. The summed E-state index contributed by atoms with van der Waals surface area (Å²) < 4.78 is 5.26. The van der Waals surface area contributed by atoms with Gasteiger partial charge in [-0.3, -0.25) is 14.4 Å². The molecular weight excluding hydrogens is 452 g/mol. The number of hydrogen-bond acceptors (Lipinski definition) is 6. The summed E-state index contributed by atoms with van der Waals surface area (Å²) in [5, 5.41) is 21.5. The standard InChI is InChI=1S/C25H36N4O6/c1-15(2)12-20(29-25(34)35-14-16-6-4-3-5-7-16)23(32)28-19(13-17-10-11-26-22(17)31)21(30)24(33)27-18-8-9-18/h3-7,15,17-21,30H,8-14H2,1-2H3,(H,26,31)(H,27,33)(H,28,32)(H,29,34)/t17?,19-,20-,21?/m0/s1. The van der Waals surface area contributed by atoms with Gasteiger partial charge in [0.1, 0.15) is 12.6 Å². The van der Waals surface area contributed by atoms with Gasteiger partial charge in [-0.1, -0.05) is 44.2 Å². The molecule has 1 saturated carbocycles. The first kappa shape index (κ1) is 26.5. The summed E-state index contributed by atoms with van der Waals surface area (Å²) >= 11 is 0. The fourth-order valence-corrected chi connectivity index (χ4v) is 4.03. The molecule has 10 heteroatoms. The number of aliphatic hydroxyl groups is 1. The van der Waals surface area contributed by atoms with Crippen molar-refractivity contribution in [3.63, 3.8) is 0 Å². The van der Waals surface area contributed by atoms with Crippen LogP contribution in [0, 0.1) is 11.8 Å². The molecule has 1 aromatic rings. The molecule has 4 atom stereocenters. The lowest BCUT2D eigenvalue weighted by molar-refractivity contribution is -0.134. The van der Waals surface area contributed by atoms with Crippen molar-refractivity contribution in [2.75, 3.05) is 6.54 Å². The Morgan fingerprint density at radius 1 is 1.09 bits per heavy atom. The Bertz CT molecular complexity index is 889. The molecule has 1 aliphatic heterocycles. The second-order valence-electron chi connectivity index (χ2n) is 9.74. The zero-order valence-corrected chi connectivity index (χ0v) is 20.3. The van der Waals surface area contributed by atoms with Crippen LogP contribution in [0.25, 0.3) is 0 Å². The summed E-state index contributed by atoms with van der Waals surface area (Å²) in [5.41, 5.74) is 0.812. The van der Waals surface area contributed by atoms with Gasteiger partial charge in [0, 0.05) is 18.5 Å². The topological polar surface area (TPSA) is 146 Å². The van der Waals surface area contributed by atoms with Crippen molar-refractivity contribution >= 4 is 23.8 Å². The fourth-order valence-electron chi connectivity index (χ4n) is 4.03. The number of nitrogens with one attached hydrogen (secondary N) is 4. The number of amides is 4. The maximum absolute atomic E-state index is 13.2. The first-order valence-corrected chi connectivity index (χ1v) is 12.3. The molecule has 0 bridgehead atoms. The van der Waals surface area contributed by atoms with Crippen LogP contribution in [0.2, 0.25) is 0 Å². The molecule has 35 heavy (non-hydrogen) atoms. The SMILES string of the molecule is CC(C)C[C@H](NC(=O)OCc1ccccc1)C(=O)N[C@@H](CC1CCNC1=O)C(O)C(=O)NC1CC1. The highest BCUT2D eigenvalue weighted by molar-refractivity contribution is 5.88. The van der Waals surface area contributed by atoms with Gasteiger partial charge in [0.15, 0.2) is 6.10 Å². The van der Waals surface area contributed by atoms with E-state index in [2.05, 4.69) is 21.3 Å². The summed E-state index contributed by atoms with van der Waals surface area (Å²) in [6.07, 6.45) is 0.447. The summed E-state index contributed by atoms with van der Waals surface area (Å²) in [4.78, 5) is 50.2. The molecule has 4 amide bonds. The van der Waals surface area contributed by atoms with E-state index >= 15 is 0 Å². The summed E-state index contributed by atoms with van der Waals surface area (Å²) in [5.74, 6) is -1.64. The van der Waals surface area contributed by atoms with E-state index in [1.54, 1.807) is 0 Å². The third-order valence-corrected chi connectivity index (χ3v) is 6.13. The van der Waals surface area contributed by atoms with Crippen LogP contribution in [-0.4, -0.2) is 59.7 Å². The Balaban J connectivity index is 1.64. The van der Waals surface area contributed by atoms with Crippen LogP contribution in [0.1, 0.15) is 51.5 Å². The van der Waals surface area contributed by atoms with Gasteiger partial charge in [0.05, 0.1) is 6.04 Å². The Morgan fingerprint density at radius 3 is 2.40 bits per heavy atom. The molecule has 1 saturated heterocycles. The third-order valence-electron chi connectivity index (χ3n) is 6.13. The van der Waals surface area contributed by atoms with E-state index in [0.29, 0.717) is 19.4 Å². The molecule has 3 rings (SSSR count). The Kier molecular flexibility index (Phi) is 9.47. The molecule has 2 unspecified atom stereocenters. The Hall–Kier alpha value is -3.14. The monoisotopic (exact) mass is 488 g/mol. The zero-order chi connectivity index (χ0) is 25.4. The van der Waals surface area contributed by atoms with Gasteiger partial charge in [-0.25, -0.2) is 4.79 Å². The van der Waals surface area contributed by atoms with Gasteiger partial charge in [-0.05, 0) is 43.6 Å². The number of carbonyl (C=O) groups is 4. The van der Waals surface area contributed by atoms with Crippen LogP contribution < -0.4 is 21.3 Å². The minimum atomic E-state index is -1.52. The number of aliphatic hydroxyl groups excluding tert-OH is 1. The fraction of sp³-hybridized carbons (Fsp3) is 0.600. The van der Waals surface area contributed by atoms with E-state index in [1.807, 2.05) is 44.2 Å². The molecule has 1 aliphatic carbocycles. The lowest BCUT2D eigenvalue weighted by Crippen LogP contribution is -2.56. The predicted octanol–water partition coefficient (Wildman–Crippen LogP) is 0.978. The number of ether oxygens (including phenoxy) is 1. The van der Waals surface area contributed by atoms with Gasteiger partial charge < -0.3 is 31.1 Å². The summed E-state index contributed by atoms with van der Waals surface area (Å²) in [6, 6.07) is 7.30. The van der Waals surface area contributed by atoms with E-state index in [4.69, 9.17) is 4.74 Å². The van der Waals surface area contributed by atoms with E-state index in [9.17, 15) is 24.3 Å². The van der Waals surface area contributed by atoms with Gasteiger partial charge in [0.25, 0.3) is 5.91 Å². The van der Waals surface area contributed by atoms with Crippen LogP contribution in [0.5, 0.6) is 0 Å². The number of rotatable bonds is 12. The zero-order valence-electron chi connectivity index (χ0n) is 20.3. The van der Waals surface area contributed by atoms with Crippen molar-refractivity contribution in [2.45, 2.75) is 76.8 Å². The van der Waals surface area contributed by atoms with E-state index in [1.165, 1.54) is 0 Å². The molecule has 10 nitrogen and oxygen atoms in total. The number of hydrogen-bond donors (Lipinski definition) is 5. The molecule has 1 heterocycles. The summed E-state index contributed by atoms with van der Waals surface area (Å²) in [6.45, 7) is 4.40. The molecular formula is C25H36N4O6. The van der Waals surface area contributed by atoms with E-state index in [-0.39, 0.29) is 30.9 Å². The lowest BCUT2D eigenvalue weighted by atomic mass is 9.93. The molecule has 2 fully saturated rings. The van der Waals surface area contributed by atoms with Crippen LogP contribution in [0.3, 0.4) is 0 Å². The smallest absolute Gasteiger partial charge is 0.408 e. The highest BCUT2D eigenvalue weighted by Crippen LogP contribution is 2.21. The minimum Gasteiger partial charge on any atom is -0.445 e. The second kappa shape index (κ2) is 12.5. The molecule has 0 spiro atoms. The van der Waals surface area contributed by atoms with Crippen molar-refractivity contribution in [3.05, 3.63) is 35.9 Å². The maximum Gasteiger partial charge on any atom is 0.408 e. The average Bonchev–Trinajstić information content (AvgIpc) is 3.55. The first-order valence-electron chi connectivity index (χ1n) is 12.3. The second-order valence-corrected chi connectivity index (χ2v) is 9.74. The normalized spacial score (nSPS) is 19.9. The van der Waals surface area contributed by atoms with Crippen molar-refractivity contribution in [1.29, 1.82) is 0 Å². The van der Waals surface area contributed by atoms with Gasteiger partial charge >= 0.3 is 6.09 Å². The molecule has 1 aromatic carbocycles. The lowest BCUT2D eigenvalue weighted by Gasteiger charge is -2.28. The number of benzene rings is 1. The van der Waals surface area contributed by atoms with Crippen LogP contribution in [0.4, 0.5) is 4.79 Å². The van der Waals surface area contributed by atoms with Crippen molar-refractivity contribution in [3.8, 4) is 0 Å². The van der Waals surface area contributed by atoms with Crippen molar-refractivity contribution in [2.24, 2.45) is 11.8 Å². The Labute approximate surface area is 205 Å². The largest absolute Gasteiger partial charge is 0.445 e. The average molecular weight is 489 g/mol. The molecule has 0 aromatic heterocycles. The molecule has 0 radical (unpaired) electrons. The van der Waals surface area contributed by atoms with Crippen LogP contribution in [-0.2, 0) is 25.7 Å². The van der Waals surface area contributed by atoms with Gasteiger partial charge in [0.2, 0.25) is 11.8 Å². The highest BCUT2D eigenvalue weighted by Gasteiger charge is 2.37. The molecule has 5 N–H and O–H groups in total. The minimum absolute atomic E-state index is 0.0398. The number of carbonyl (C=O) groups excluding carboxylic acids is 4. The highest BCUT2D eigenvalue weighted by atomic mass is 16.5. The molecule has 192 valence electrons. The van der Waals surface area contributed by atoms with Crippen molar-refractivity contribution in [1.82, 2.24) is 21.3 Å². The van der Waals surface area contributed by atoms with E-state index in [0.717, 1.165) is 18.4 Å².